The fraction of sp³-hybridized carbons (Fsp3) is 0.833. The Labute approximate surface area is 63.8 Å². The standard InChI is InChI=1S/C6H11O5/c7-1-4-6(10)5(9)3(8)2-11-4/h2-10H,1H2/t3-,4?,5+,6+/m0/s1. The van der Waals surface area contributed by atoms with Crippen molar-refractivity contribution in [3.63, 3.8) is 0 Å². The van der Waals surface area contributed by atoms with Crippen LogP contribution >= 0.6 is 0 Å². The van der Waals surface area contributed by atoms with Crippen LogP contribution in [-0.2, 0) is 4.74 Å². The van der Waals surface area contributed by atoms with Gasteiger partial charge in [-0.15, -0.1) is 0 Å². The summed E-state index contributed by atoms with van der Waals surface area (Å²) >= 11 is 0. The van der Waals surface area contributed by atoms with Gasteiger partial charge >= 0.3 is 0 Å². The first-order valence-electron chi connectivity index (χ1n) is 3.30. The van der Waals surface area contributed by atoms with E-state index in [-0.39, 0.29) is 6.61 Å². The molecule has 1 heterocycles. The van der Waals surface area contributed by atoms with Crippen molar-refractivity contribution in [2.24, 2.45) is 0 Å². The van der Waals surface area contributed by atoms with Crippen LogP contribution in [0.4, 0.5) is 0 Å². The van der Waals surface area contributed by atoms with Crippen LogP contribution in [0, 0.1) is 6.61 Å². The van der Waals surface area contributed by atoms with E-state index >= 15 is 0 Å². The maximum atomic E-state index is 9.09. The summed E-state index contributed by atoms with van der Waals surface area (Å²) in [5, 5.41) is 35.6. The van der Waals surface area contributed by atoms with E-state index in [1.54, 1.807) is 0 Å². The summed E-state index contributed by atoms with van der Waals surface area (Å²) < 4.78 is 4.69. The molecule has 11 heavy (non-hydrogen) atoms. The fourth-order valence-electron chi connectivity index (χ4n) is 0.915. The summed E-state index contributed by atoms with van der Waals surface area (Å²) in [5.41, 5.74) is 0. The van der Waals surface area contributed by atoms with E-state index in [0.29, 0.717) is 0 Å². The highest BCUT2D eigenvalue weighted by molar-refractivity contribution is 4.91. The summed E-state index contributed by atoms with van der Waals surface area (Å²) in [6, 6.07) is 0. The van der Waals surface area contributed by atoms with E-state index in [9.17, 15) is 0 Å². The average molecular weight is 163 g/mol. The van der Waals surface area contributed by atoms with E-state index in [1.165, 1.54) is 0 Å². The zero-order valence-corrected chi connectivity index (χ0v) is 5.79. The van der Waals surface area contributed by atoms with Crippen LogP contribution in [0.1, 0.15) is 0 Å². The minimum absolute atomic E-state index is 0.387. The molecule has 5 heteroatoms. The van der Waals surface area contributed by atoms with Crippen molar-refractivity contribution in [3.05, 3.63) is 6.61 Å². The molecule has 1 saturated heterocycles. The second-order valence-corrected chi connectivity index (χ2v) is 2.46. The zero-order valence-electron chi connectivity index (χ0n) is 5.79. The van der Waals surface area contributed by atoms with Crippen molar-refractivity contribution in [2.75, 3.05) is 6.61 Å². The van der Waals surface area contributed by atoms with Crippen LogP contribution in [0.15, 0.2) is 0 Å². The van der Waals surface area contributed by atoms with Gasteiger partial charge in [-0.2, -0.15) is 0 Å². The molecule has 1 fully saturated rings. The molecule has 4 N–H and O–H groups in total. The monoisotopic (exact) mass is 163 g/mol. The highest BCUT2D eigenvalue weighted by atomic mass is 16.5. The van der Waals surface area contributed by atoms with E-state index in [0.717, 1.165) is 6.61 Å². The Hall–Kier alpha value is -0.200. The summed E-state index contributed by atoms with van der Waals surface area (Å²) in [4.78, 5) is 0. The largest absolute Gasteiger partial charge is 0.394 e. The van der Waals surface area contributed by atoms with Gasteiger partial charge in [0.05, 0.1) is 6.61 Å². The Kier molecular flexibility index (Phi) is 2.80. The van der Waals surface area contributed by atoms with Crippen LogP contribution < -0.4 is 0 Å². The topological polar surface area (TPSA) is 90.2 Å². The van der Waals surface area contributed by atoms with E-state index in [2.05, 4.69) is 4.74 Å². The number of aliphatic hydroxyl groups excluding tert-OH is 4. The lowest BCUT2D eigenvalue weighted by atomic mass is 10.0. The molecule has 1 radical (unpaired) electrons. The molecule has 1 aliphatic rings. The normalized spacial score (nSPS) is 45.8. The summed E-state index contributed by atoms with van der Waals surface area (Å²) in [6.45, 7) is 0.611. The summed E-state index contributed by atoms with van der Waals surface area (Å²) in [7, 11) is 0. The molecule has 65 valence electrons. The first-order chi connectivity index (χ1) is 5.16. The Morgan fingerprint density at radius 3 is 2.36 bits per heavy atom. The van der Waals surface area contributed by atoms with Crippen LogP contribution in [0.2, 0.25) is 0 Å². The maximum Gasteiger partial charge on any atom is 0.115 e. The van der Waals surface area contributed by atoms with E-state index in [4.69, 9.17) is 20.4 Å². The third-order valence-corrected chi connectivity index (χ3v) is 1.65. The van der Waals surface area contributed by atoms with Gasteiger partial charge in [-0.1, -0.05) is 0 Å². The molecule has 0 aliphatic carbocycles. The molecular formula is C6H11O5. The Bertz CT molecular complexity index is 126. The van der Waals surface area contributed by atoms with Crippen molar-refractivity contribution >= 4 is 0 Å². The molecule has 1 aliphatic heterocycles. The highest BCUT2D eigenvalue weighted by Gasteiger charge is 2.37. The van der Waals surface area contributed by atoms with E-state index < -0.39 is 24.4 Å². The van der Waals surface area contributed by atoms with Crippen LogP contribution in [-0.4, -0.2) is 51.4 Å². The number of aliphatic hydroxyl groups is 4. The number of hydrogen-bond donors (Lipinski definition) is 4. The Balaban J connectivity index is 2.52. The lowest BCUT2D eigenvalue weighted by Crippen LogP contribution is -2.52. The molecule has 5 nitrogen and oxygen atoms in total. The summed E-state index contributed by atoms with van der Waals surface area (Å²) in [5.74, 6) is 0. The van der Waals surface area contributed by atoms with Gasteiger partial charge in [0.25, 0.3) is 0 Å². The third-order valence-electron chi connectivity index (χ3n) is 1.65. The van der Waals surface area contributed by atoms with Gasteiger partial charge in [0.2, 0.25) is 0 Å². The molecule has 0 spiro atoms. The smallest absolute Gasteiger partial charge is 0.115 e. The summed E-state index contributed by atoms with van der Waals surface area (Å²) in [6.07, 6.45) is -4.54. The molecular weight excluding hydrogens is 152 g/mol. The molecule has 1 unspecified atom stereocenters. The molecule has 0 aromatic carbocycles. The minimum atomic E-state index is -1.28. The predicted octanol–water partition coefficient (Wildman–Crippen LogP) is -2.38. The van der Waals surface area contributed by atoms with Gasteiger partial charge in [0.1, 0.15) is 31.0 Å². The van der Waals surface area contributed by atoms with Crippen LogP contribution in [0.3, 0.4) is 0 Å². The van der Waals surface area contributed by atoms with Crippen molar-refractivity contribution in [1.82, 2.24) is 0 Å². The molecule has 0 aromatic heterocycles. The molecule has 0 aromatic rings. The Morgan fingerprint density at radius 1 is 1.18 bits per heavy atom. The highest BCUT2D eigenvalue weighted by Crippen LogP contribution is 2.17. The molecule has 0 amide bonds. The van der Waals surface area contributed by atoms with Crippen LogP contribution in [0.5, 0.6) is 0 Å². The quantitative estimate of drug-likeness (QED) is 0.346. The second-order valence-electron chi connectivity index (χ2n) is 2.46. The molecule has 4 atom stereocenters. The van der Waals surface area contributed by atoms with Crippen molar-refractivity contribution in [1.29, 1.82) is 0 Å². The van der Waals surface area contributed by atoms with Crippen molar-refractivity contribution in [3.8, 4) is 0 Å². The second kappa shape index (κ2) is 3.46. The maximum absolute atomic E-state index is 9.09. The lowest BCUT2D eigenvalue weighted by molar-refractivity contribution is -0.169. The van der Waals surface area contributed by atoms with Gasteiger partial charge in [0, 0.05) is 0 Å². The van der Waals surface area contributed by atoms with Gasteiger partial charge in [-0.3, -0.25) is 0 Å². The first-order valence-corrected chi connectivity index (χ1v) is 3.30. The third kappa shape index (κ3) is 1.69. The van der Waals surface area contributed by atoms with Crippen molar-refractivity contribution < 1.29 is 25.2 Å². The lowest BCUT2D eigenvalue weighted by Gasteiger charge is -2.33. The SMILES string of the molecule is OCC1O[CH][C@H](O)[C@@H](O)[C@@H]1O. The van der Waals surface area contributed by atoms with Gasteiger partial charge in [0.15, 0.2) is 0 Å². The van der Waals surface area contributed by atoms with Crippen molar-refractivity contribution in [2.45, 2.75) is 24.4 Å². The van der Waals surface area contributed by atoms with E-state index in [1.807, 2.05) is 0 Å². The zero-order chi connectivity index (χ0) is 8.43. The molecule has 0 saturated carbocycles. The number of rotatable bonds is 1. The van der Waals surface area contributed by atoms with Crippen LogP contribution in [0.25, 0.3) is 0 Å². The Morgan fingerprint density at radius 2 is 1.82 bits per heavy atom. The first kappa shape index (κ1) is 8.89. The average Bonchev–Trinajstić information content (AvgIpc) is 2.01. The number of ether oxygens (including phenoxy) is 1. The van der Waals surface area contributed by atoms with Gasteiger partial charge in [-0.25, -0.2) is 0 Å². The number of hydrogen-bond acceptors (Lipinski definition) is 5. The molecule has 1 rings (SSSR count). The fourth-order valence-corrected chi connectivity index (χ4v) is 0.915. The molecule has 0 bridgehead atoms. The van der Waals surface area contributed by atoms with Gasteiger partial charge < -0.3 is 25.2 Å². The minimum Gasteiger partial charge on any atom is -0.394 e. The predicted molar refractivity (Wildman–Crippen MR) is 34.3 cm³/mol. The van der Waals surface area contributed by atoms with Gasteiger partial charge in [-0.05, 0) is 0 Å².